The number of hydrogen-bond acceptors (Lipinski definition) is 4. The average Bonchev–Trinajstić information content (AvgIpc) is 3.28. The van der Waals surface area contributed by atoms with Crippen molar-refractivity contribution in [3.8, 4) is 11.4 Å². The Bertz CT molecular complexity index is 942. The van der Waals surface area contributed by atoms with Gasteiger partial charge in [-0.05, 0) is 55.6 Å². The lowest BCUT2D eigenvalue weighted by Crippen LogP contribution is -2.44. The maximum atomic E-state index is 12.4. The van der Waals surface area contributed by atoms with E-state index < -0.39 is 0 Å². The van der Waals surface area contributed by atoms with E-state index >= 15 is 0 Å². The molecule has 1 N–H and O–H groups in total. The fourth-order valence-electron chi connectivity index (χ4n) is 3.98. The number of carbonyl (C=O) groups excluding carboxylic acids is 1. The molecule has 1 fully saturated rings. The van der Waals surface area contributed by atoms with Crippen molar-refractivity contribution in [3.05, 3.63) is 78.6 Å². The summed E-state index contributed by atoms with van der Waals surface area (Å²) in [5, 5.41) is 7.46. The van der Waals surface area contributed by atoms with Crippen molar-refractivity contribution in [1.82, 2.24) is 20.0 Å². The first-order valence-corrected chi connectivity index (χ1v) is 11.0. The van der Waals surface area contributed by atoms with E-state index in [1.807, 2.05) is 77.7 Å². The van der Waals surface area contributed by atoms with Gasteiger partial charge in [0.25, 0.3) is 0 Å². The first-order chi connectivity index (χ1) is 15.3. The second-order valence-corrected chi connectivity index (χ2v) is 8.10. The molecule has 1 amide bonds. The number of nitrogens with zero attached hydrogens (tertiary/aromatic N) is 3. The largest absolute Gasteiger partial charge is 0.493 e. The highest BCUT2D eigenvalue weighted by molar-refractivity contribution is 5.78. The van der Waals surface area contributed by atoms with Gasteiger partial charge in [-0.2, -0.15) is 5.10 Å². The molecule has 1 saturated heterocycles. The van der Waals surface area contributed by atoms with Crippen LogP contribution in [-0.2, 0) is 11.2 Å². The maximum Gasteiger partial charge on any atom is 0.234 e. The number of aromatic nitrogens is 2. The number of para-hydroxylation sites is 2. The zero-order valence-electron chi connectivity index (χ0n) is 17.8. The summed E-state index contributed by atoms with van der Waals surface area (Å²) in [5.41, 5.74) is 2.15. The van der Waals surface area contributed by atoms with E-state index in [2.05, 4.69) is 15.3 Å². The van der Waals surface area contributed by atoms with Crippen LogP contribution in [0.15, 0.2) is 73.1 Å². The molecule has 1 unspecified atom stereocenters. The van der Waals surface area contributed by atoms with E-state index in [0.717, 1.165) is 49.4 Å². The number of piperidine rings is 1. The summed E-state index contributed by atoms with van der Waals surface area (Å²) < 4.78 is 7.78. The van der Waals surface area contributed by atoms with Crippen LogP contribution < -0.4 is 10.1 Å². The minimum Gasteiger partial charge on any atom is -0.493 e. The van der Waals surface area contributed by atoms with Crippen molar-refractivity contribution in [2.24, 2.45) is 5.92 Å². The summed E-state index contributed by atoms with van der Waals surface area (Å²) >= 11 is 0. The Morgan fingerprint density at radius 1 is 1.10 bits per heavy atom. The summed E-state index contributed by atoms with van der Waals surface area (Å²) in [6.45, 7) is 3.65. The van der Waals surface area contributed by atoms with Crippen LogP contribution in [0.3, 0.4) is 0 Å². The Morgan fingerprint density at radius 2 is 1.87 bits per heavy atom. The van der Waals surface area contributed by atoms with Crippen LogP contribution in [0.4, 0.5) is 0 Å². The molecule has 0 saturated carbocycles. The molecule has 31 heavy (non-hydrogen) atoms. The first kappa shape index (κ1) is 21.1. The topological polar surface area (TPSA) is 59.4 Å². The van der Waals surface area contributed by atoms with E-state index in [1.54, 1.807) is 0 Å². The Balaban J connectivity index is 1.16. The van der Waals surface area contributed by atoms with Gasteiger partial charge in [0.1, 0.15) is 5.75 Å². The van der Waals surface area contributed by atoms with E-state index in [0.29, 0.717) is 25.6 Å². The van der Waals surface area contributed by atoms with Gasteiger partial charge in [0.15, 0.2) is 0 Å². The van der Waals surface area contributed by atoms with Crippen molar-refractivity contribution in [3.63, 3.8) is 0 Å². The van der Waals surface area contributed by atoms with E-state index in [1.165, 1.54) is 0 Å². The summed E-state index contributed by atoms with van der Waals surface area (Å²) in [7, 11) is 0. The molecule has 0 radical (unpaired) electrons. The highest BCUT2D eigenvalue weighted by atomic mass is 16.5. The SMILES string of the molecule is O=C(CN1CCCC(COc2ccccc2)C1)NCCc1cnn(-c2ccccc2)c1. The molecule has 0 spiro atoms. The highest BCUT2D eigenvalue weighted by Crippen LogP contribution is 2.18. The molecule has 1 aliphatic heterocycles. The first-order valence-electron chi connectivity index (χ1n) is 11.0. The maximum absolute atomic E-state index is 12.4. The lowest BCUT2D eigenvalue weighted by atomic mass is 9.99. The van der Waals surface area contributed by atoms with Crippen LogP contribution in [0.25, 0.3) is 5.69 Å². The Hall–Kier alpha value is -3.12. The van der Waals surface area contributed by atoms with Gasteiger partial charge in [-0.25, -0.2) is 4.68 Å². The monoisotopic (exact) mass is 418 g/mol. The average molecular weight is 419 g/mol. The van der Waals surface area contributed by atoms with Crippen molar-refractivity contribution in [2.45, 2.75) is 19.3 Å². The van der Waals surface area contributed by atoms with Crippen molar-refractivity contribution < 1.29 is 9.53 Å². The normalized spacial score (nSPS) is 16.7. The second-order valence-electron chi connectivity index (χ2n) is 8.10. The molecule has 0 aliphatic carbocycles. The van der Waals surface area contributed by atoms with Crippen LogP contribution in [0.5, 0.6) is 5.75 Å². The highest BCUT2D eigenvalue weighted by Gasteiger charge is 2.22. The molecule has 2 aromatic carbocycles. The molecular weight excluding hydrogens is 388 g/mol. The molecule has 162 valence electrons. The molecule has 6 nitrogen and oxygen atoms in total. The Kier molecular flexibility index (Phi) is 7.34. The molecule has 3 aromatic rings. The molecule has 0 bridgehead atoms. The molecular formula is C25H30N4O2. The number of amides is 1. The van der Waals surface area contributed by atoms with Gasteiger partial charge in [0.2, 0.25) is 5.91 Å². The minimum atomic E-state index is 0.0834. The third kappa shape index (κ3) is 6.43. The fourth-order valence-corrected chi connectivity index (χ4v) is 3.98. The van der Waals surface area contributed by atoms with Gasteiger partial charge < -0.3 is 10.1 Å². The molecule has 6 heteroatoms. The van der Waals surface area contributed by atoms with E-state index in [-0.39, 0.29) is 5.91 Å². The number of carbonyl (C=O) groups is 1. The number of rotatable bonds is 9. The van der Waals surface area contributed by atoms with Gasteiger partial charge in [-0.3, -0.25) is 9.69 Å². The lowest BCUT2D eigenvalue weighted by Gasteiger charge is -2.32. The number of nitrogens with one attached hydrogen (secondary N) is 1. The molecule has 4 rings (SSSR count). The summed E-state index contributed by atoms with van der Waals surface area (Å²) in [4.78, 5) is 14.7. The fraction of sp³-hybridized carbons (Fsp3) is 0.360. The predicted octanol–water partition coefficient (Wildman–Crippen LogP) is 3.32. The van der Waals surface area contributed by atoms with Crippen LogP contribution in [0.2, 0.25) is 0 Å². The molecule has 1 atom stereocenters. The Labute approximate surface area is 183 Å². The van der Waals surface area contributed by atoms with Gasteiger partial charge in [-0.15, -0.1) is 0 Å². The van der Waals surface area contributed by atoms with Gasteiger partial charge >= 0.3 is 0 Å². The number of likely N-dealkylation sites (tertiary alicyclic amines) is 1. The molecule has 1 aromatic heterocycles. The predicted molar refractivity (Wildman–Crippen MR) is 121 cm³/mol. The lowest BCUT2D eigenvalue weighted by molar-refractivity contribution is -0.122. The summed E-state index contributed by atoms with van der Waals surface area (Å²) in [6, 6.07) is 20.0. The van der Waals surface area contributed by atoms with Crippen LogP contribution >= 0.6 is 0 Å². The minimum absolute atomic E-state index is 0.0834. The van der Waals surface area contributed by atoms with Crippen molar-refractivity contribution in [2.75, 3.05) is 32.8 Å². The molecule has 1 aliphatic rings. The van der Waals surface area contributed by atoms with Gasteiger partial charge in [0, 0.05) is 25.2 Å². The van der Waals surface area contributed by atoms with Crippen molar-refractivity contribution in [1.29, 1.82) is 0 Å². The van der Waals surface area contributed by atoms with Gasteiger partial charge in [-0.1, -0.05) is 36.4 Å². The quantitative estimate of drug-likeness (QED) is 0.579. The second kappa shape index (κ2) is 10.8. The van der Waals surface area contributed by atoms with Crippen LogP contribution in [0, 0.1) is 5.92 Å². The standard InChI is InChI=1S/C25H30N4O2/c30-25(26-14-13-21-16-27-29(18-21)23-9-3-1-4-10-23)19-28-15-7-8-22(17-28)20-31-24-11-5-2-6-12-24/h1-6,9-12,16,18,22H,7-8,13-15,17,19-20H2,(H,26,30). The zero-order valence-corrected chi connectivity index (χ0v) is 17.8. The number of benzene rings is 2. The summed E-state index contributed by atoms with van der Waals surface area (Å²) in [6.07, 6.45) is 6.90. The third-order valence-electron chi connectivity index (χ3n) is 5.59. The smallest absolute Gasteiger partial charge is 0.234 e. The molecule has 2 heterocycles. The summed E-state index contributed by atoms with van der Waals surface area (Å²) in [5.74, 6) is 1.46. The van der Waals surface area contributed by atoms with E-state index in [9.17, 15) is 4.79 Å². The number of hydrogen-bond donors (Lipinski definition) is 1. The Morgan fingerprint density at radius 3 is 2.68 bits per heavy atom. The van der Waals surface area contributed by atoms with Crippen LogP contribution in [-0.4, -0.2) is 53.4 Å². The van der Waals surface area contributed by atoms with Gasteiger partial charge in [0.05, 0.1) is 25.0 Å². The van der Waals surface area contributed by atoms with Crippen LogP contribution in [0.1, 0.15) is 18.4 Å². The van der Waals surface area contributed by atoms with E-state index in [4.69, 9.17) is 4.74 Å². The zero-order chi connectivity index (χ0) is 21.3. The third-order valence-corrected chi connectivity index (χ3v) is 5.59. The van der Waals surface area contributed by atoms with Crippen molar-refractivity contribution >= 4 is 5.91 Å². The number of ether oxygens (including phenoxy) is 1.